The Hall–Kier alpha value is -2.12. The van der Waals surface area contributed by atoms with Gasteiger partial charge in [0.15, 0.2) is 0 Å². The van der Waals surface area contributed by atoms with Crippen molar-refractivity contribution < 1.29 is 14.8 Å². The SMILES string of the molecule is CCC(CC(=O)O)Nc1c([N+](=O)[O-])c(C)nn1C(C)C. The summed E-state index contributed by atoms with van der Waals surface area (Å²) in [6.07, 6.45) is 0.446. The molecule has 0 bridgehead atoms. The zero-order valence-corrected chi connectivity index (χ0v) is 12.1. The molecule has 0 amide bonds. The summed E-state index contributed by atoms with van der Waals surface area (Å²) in [5.74, 6) is -0.671. The van der Waals surface area contributed by atoms with E-state index < -0.39 is 10.9 Å². The quantitative estimate of drug-likeness (QED) is 0.587. The third-order valence-electron chi connectivity index (χ3n) is 2.98. The van der Waals surface area contributed by atoms with Crippen molar-refractivity contribution in [3.8, 4) is 0 Å². The molecular formula is C12H20N4O4. The van der Waals surface area contributed by atoms with Gasteiger partial charge in [0.25, 0.3) is 0 Å². The lowest BCUT2D eigenvalue weighted by molar-refractivity contribution is -0.384. The normalized spacial score (nSPS) is 12.4. The Morgan fingerprint density at radius 1 is 1.55 bits per heavy atom. The van der Waals surface area contributed by atoms with E-state index in [1.807, 2.05) is 20.8 Å². The summed E-state index contributed by atoms with van der Waals surface area (Å²) < 4.78 is 1.53. The first kappa shape index (κ1) is 15.9. The average Bonchev–Trinajstić information content (AvgIpc) is 2.64. The molecule has 1 aromatic rings. The number of nitrogens with one attached hydrogen (secondary N) is 1. The fourth-order valence-corrected chi connectivity index (χ4v) is 1.97. The summed E-state index contributed by atoms with van der Waals surface area (Å²) in [7, 11) is 0. The van der Waals surface area contributed by atoms with Crippen molar-refractivity contribution in [2.24, 2.45) is 0 Å². The fourth-order valence-electron chi connectivity index (χ4n) is 1.97. The van der Waals surface area contributed by atoms with Gasteiger partial charge >= 0.3 is 11.7 Å². The van der Waals surface area contributed by atoms with Crippen LogP contribution in [0, 0.1) is 17.0 Å². The Kier molecular flexibility index (Phi) is 5.06. The van der Waals surface area contributed by atoms with Crippen LogP contribution in [0.15, 0.2) is 0 Å². The molecule has 112 valence electrons. The number of rotatable bonds is 7. The van der Waals surface area contributed by atoms with E-state index in [1.165, 1.54) is 4.68 Å². The summed E-state index contributed by atoms with van der Waals surface area (Å²) in [5.41, 5.74) is 0.221. The second kappa shape index (κ2) is 6.36. The number of nitrogens with zero attached hydrogens (tertiary/aromatic N) is 3. The van der Waals surface area contributed by atoms with Crippen LogP contribution in [0.5, 0.6) is 0 Å². The maximum Gasteiger partial charge on any atom is 0.333 e. The second-order valence-corrected chi connectivity index (χ2v) is 4.93. The highest BCUT2D eigenvalue weighted by atomic mass is 16.6. The maximum atomic E-state index is 11.2. The monoisotopic (exact) mass is 284 g/mol. The highest BCUT2D eigenvalue weighted by Crippen LogP contribution is 2.31. The van der Waals surface area contributed by atoms with Crippen LogP contribution in [0.2, 0.25) is 0 Å². The van der Waals surface area contributed by atoms with Crippen molar-refractivity contribution >= 4 is 17.5 Å². The number of anilines is 1. The Labute approximate surface area is 116 Å². The van der Waals surface area contributed by atoms with Gasteiger partial charge in [0.05, 0.1) is 11.3 Å². The first-order valence-corrected chi connectivity index (χ1v) is 6.49. The molecule has 0 fully saturated rings. The fraction of sp³-hybridized carbons (Fsp3) is 0.667. The molecule has 8 nitrogen and oxygen atoms in total. The van der Waals surface area contributed by atoms with Crippen molar-refractivity contribution in [2.75, 3.05) is 5.32 Å². The van der Waals surface area contributed by atoms with E-state index >= 15 is 0 Å². The minimum absolute atomic E-state index is 0.0627. The summed E-state index contributed by atoms with van der Waals surface area (Å²) in [4.78, 5) is 21.5. The molecular weight excluding hydrogens is 264 g/mol. The summed E-state index contributed by atoms with van der Waals surface area (Å²) in [6.45, 7) is 7.12. The van der Waals surface area contributed by atoms with Crippen LogP contribution in [-0.4, -0.2) is 31.8 Å². The lowest BCUT2D eigenvalue weighted by Crippen LogP contribution is -2.24. The van der Waals surface area contributed by atoms with Gasteiger partial charge in [0, 0.05) is 12.1 Å². The molecule has 0 saturated heterocycles. The number of aromatic nitrogens is 2. The molecule has 0 aliphatic carbocycles. The number of carboxylic acids is 1. The predicted molar refractivity (Wildman–Crippen MR) is 74.0 cm³/mol. The van der Waals surface area contributed by atoms with Gasteiger partial charge in [-0.25, -0.2) is 4.68 Å². The Morgan fingerprint density at radius 2 is 2.15 bits per heavy atom. The van der Waals surface area contributed by atoms with Crippen molar-refractivity contribution in [3.05, 3.63) is 15.8 Å². The number of nitro groups is 1. The van der Waals surface area contributed by atoms with Gasteiger partial charge in [0.1, 0.15) is 5.69 Å². The third-order valence-corrected chi connectivity index (χ3v) is 2.98. The Morgan fingerprint density at radius 3 is 2.55 bits per heavy atom. The van der Waals surface area contributed by atoms with Crippen LogP contribution < -0.4 is 5.32 Å². The largest absolute Gasteiger partial charge is 0.481 e. The van der Waals surface area contributed by atoms with Gasteiger partial charge in [-0.15, -0.1) is 0 Å². The average molecular weight is 284 g/mol. The number of carbonyl (C=O) groups is 1. The Balaban J connectivity index is 3.19. The zero-order chi connectivity index (χ0) is 15.4. The lowest BCUT2D eigenvalue weighted by atomic mass is 10.1. The van der Waals surface area contributed by atoms with E-state index in [9.17, 15) is 14.9 Å². The second-order valence-electron chi connectivity index (χ2n) is 4.93. The molecule has 1 heterocycles. The zero-order valence-electron chi connectivity index (χ0n) is 12.1. The molecule has 1 atom stereocenters. The van der Waals surface area contributed by atoms with Crippen molar-refractivity contribution in [1.82, 2.24) is 9.78 Å². The van der Waals surface area contributed by atoms with Crippen LogP contribution in [0.1, 0.15) is 45.3 Å². The third kappa shape index (κ3) is 3.46. The Bertz CT molecular complexity index is 510. The number of carboxylic acid groups (broad SMARTS) is 1. The van der Waals surface area contributed by atoms with Gasteiger partial charge in [0.2, 0.25) is 5.82 Å². The molecule has 0 aliphatic heterocycles. The first-order chi connectivity index (χ1) is 9.27. The molecule has 1 unspecified atom stereocenters. The van der Waals surface area contributed by atoms with Gasteiger partial charge < -0.3 is 10.4 Å². The van der Waals surface area contributed by atoms with Gasteiger partial charge in [-0.3, -0.25) is 14.9 Å². The number of hydrogen-bond donors (Lipinski definition) is 2. The van der Waals surface area contributed by atoms with E-state index in [1.54, 1.807) is 6.92 Å². The molecule has 0 saturated carbocycles. The molecule has 2 N–H and O–H groups in total. The van der Waals surface area contributed by atoms with Gasteiger partial charge in [-0.05, 0) is 27.2 Å². The standard InChI is InChI=1S/C12H20N4O4/c1-5-9(6-10(17)18)13-12-11(16(19)20)8(4)14-15(12)7(2)3/h7,9,13H,5-6H2,1-4H3,(H,17,18). The van der Waals surface area contributed by atoms with Crippen LogP contribution in [0.4, 0.5) is 11.5 Å². The maximum absolute atomic E-state index is 11.2. The van der Waals surface area contributed by atoms with E-state index in [-0.39, 0.29) is 30.0 Å². The van der Waals surface area contributed by atoms with E-state index in [0.29, 0.717) is 12.1 Å². The van der Waals surface area contributed by atoms with E-state index in [4.69, 9.17) is 5.11 Å². The number of hydrogen-bond acceptors (Lipinski definition) is 5. The molecule has 20 heavy (non-hydrogen) atoms. The predicted octanol–water partition coefficient (Wildman–Crippen LogP) is 2.35. The topological polar surface area (TPSA) is 110 Å². The van der Waals surface area contributed by atoms with E-state index in [0.717, 1.165) is 0 Å². The number of aliphatic carboxylic acids is 1. The lowest BCUT2D eigenvalue weighted by Gasteiger charge is -2.18. The van der Waals surface area contributed by atoms with Crippen LogP contribution in [-0.2, 0) is 4.79 Å². The van der Waals surface area contributed by atoms with Crippen molar-refractivity contribution in [2.45, 2.75) is 52.6 Å². The molecule has 0 aromatic carbocycles. The van der Waals surface area contributed by atoms with Crippen molar-refractivity contribution in [1.29, 1.82) is 0 Å². The van der Waals surface area contributed by atoms with E-state index in [2.05, 4.69) is 10.4 Å². The summed E-state index contributed by atoms with van der Waals surface area (Å²) in [6, 6.07) is -0.438. The van der Waals surface area contributed by atoms with Gasteiger partial charge in [-0.1, -0.05) is 6.92 Å². The van der Waals surface area contributed by atoms with Crippen LogP contribution >= 0.6 is 0 Å². The van der Waals surface area contributed by atoms with Crippen molar-refractivity contribution in [3.63, 3.8) is 0 Å². The minimum atomic E-state index is -0.945. The highest BCUT2D eigenvalue weighted by molar-refractivity contribution is 5.69. The molecule has 0 radical (unpaired) electrons. The first-order valence-electron chi connectivity index (χ1n) is 6.49. The minimum Gasteiger partial charge on any atom is -0.481 e. The smallest absolute Gasteiger partial charge is 0.333 e. The highest BCUT2D eigenvalue weighted by Gasteiger charge is 2.28. The molecule has 0 aliphatic rings. The van der Waals surface area contributed by atoms with Crippen LogP contribution in [0.3, 0.4) is 0 Å². The molecule has 0 spiro atoms. The summed E-state index contributed by atoms with van der Waals surface area (Å²) in [5, 5.41) is 27.1. The molecule has 1 rings (SSSR count). The van der Waals surface area contributed by atoms with Gasteiger partial charge in [-0.2, -0.15) is 5.10 Å². The number of aryl methyl sites for hydroxylation is 1. The molecule has 8 heteroatoms. The summed E-state index contributed by atoms with van der Waals surface area (Å²) >= 11 is 0. The molecule has 1 aromatic heterocycles. The van der Waals surface area contributed by atoms with Crippen LogP contribution in [0.25, 0.3) is 0 Å².